The van der Waals surface area contributed by atoms with Gasteiger partial charge in [-0.05, 0) is 35.6 Å². The Bertz CT molecular complexity index is 580. The molecular weight excluding hydrogens is 372 g/mol. The van der Waals surface area contributed by atoms with Crippen molar-refractivity contribution in [3.63, 3.8) is 0 Å². The van der Waals surface area contributed by atoms with Crippen LogP contribution in [0.5, 0.6) is 5.75 Å². The molecule has 0 spiro atoms. The molecule has 5 nitrogen and oxygen atoms in total. The molecule has 1 saturated heterocycles. The Morgan fingerprint density at radius 2 is 1.88 bits per heavy atom. The number of carbonyl (C=O) groups is 2. The minimum atomic E-state index is -2.81. The molecule has 1 heterocycles. The average Bonchev–Trinajstić information content (AvgIpc) is 2.60. The van der Waals surface area contributed by atoms with Gasteiger partial charge in [0.1, 0.15) is 11.8 Å². The van der Waals surface area contributed by atoms with Crippen LogP contribution in [0.4, 0.5) is 8.78 Å². The van der Waals surface area contributed by atoms with E-state index in [9.17, 15) is 18.4 Å². The summed E-state index contributed by atoms with van der Waals surface area (Å²) in [7, 11) is 0. The number of aliphatic carboxylic acids is 1. The van der Waals surface area contributed by atoms with Crippen molar-refractivity contribution in [3.8, 4) is 5.75 Å². The molecule has 1 aliphatic rings. The number of carboxylic acid groups (broad SMARTS) is 1. The third-order valence-electron chi connectivity index (χ3n) is 3.40. The van der Waals surface area contributed by atoms with E-state index in [2.05, 4.69) is 0 Å². The molecule has 1 atom stereocenters. The molecule has 1 aromatic rings. The summed E-state index contributed by atoms with van der Waals surface area (Å²) in [5.74, 6) is 0.486. The highest BCUT2D eigenvalue weighted by molar-refractivity contribution is 8.16. The fourth-order valence-electron chi connectivity index (χ4n) is 2.19. The fourth-order valence-corrected chi connectivity index (χ4v) is 5.08. The van der Waals surface area contributed by atoms with Gasteiger partial charge in [-0.3, -0.25) is 4.79 Å². The lowest BCUT2D eigenvalue weighted by Gasteiger charge is -2.21. The van der Waals surface area contributed by atoms with Gasteiger partial charge in [-0.25, -0.2) is 13.6 Å². The second-order valence-electron chi connectivity index (χ2n) is 5.37. The van der Waals surface area contributed by atoms with E-state index in [1.54, 1.807) is 12.1 Å². The first-order valence-corrected chi connectivity index (χ1v) is 9.81. The number of halogens is 2. The molecule has 0 radical (unpaired) electrons. The molecule has 138 valence electrons. The first-order chi connectivity index (χ1) is 12.0. The van der Waals surface area contributed by atoms with E-state index >= 15 is 0 Å². The van der Waals surface area contributed by atoms with E-state index in [0.717, 1.165) is 11.5 Å². The zero-order valence-electron chi connectivity index (χ0n) is 13.3. The summed E-state index contributed by atoms with van der Waals surface area (Å²) in [6.07, 6.45) is -2.54. The molecule has 9 heteroatoms. The Hall–Kier alpha value is -1.48. The number of amides is 1. The first kappa shape index (κ1) is 19.8. The minimum Gasteiger partial charge on any atom is -0.484 e. The number of benzene rings is 1. The summed E-state index contributed by atoms with van der Waals surface area (Å²) >= 11 is 3.79. The van der Waals surface area contributed by atoms with Crippen LogP contribution < -0.4 is 10.1 Å². The summed E-state index contributed by atoms with van der Waals surface area (Å²) in [6, 6.07) is 5.72. The molecule has 0 bridgehead atoms. The van der Waals surface area contributed by atoms with Crippen LogP contribution in [0.3, 0.4) is 0 Å². The first-order valence-electron chi connectivity index (χ1n) is 7.72. The van der Waals surface area contributed by atoms with Crippen LogP contribution >= 0.6 is 23.5 Å². The van der Waals surface area contributed by atoms with Gasteiger partial charge >= 0.3 is 5.97 Å². The highest BCUT2D eigenvalue weighted by Crippen LogP contribution is 2.43. The average molecular weight is 391 g/mol. The lowest BCUT2D eigenvalue weighted by atomic mass is 10.2. The summed E-state index contributed by atoms with van der Waals surface area (Å²) in [5.41, 5.74) is 1.18. The molecule has 2 N–H and O–H groups in total. The predicted octanol–water partition coefficient (Wildman–Crippen LogP) is 3.16. The number of thioether (sulfide) groups is 2. The summed E-state index contributed by atoms with van der Waals surface area (Å²) in [6.45, 7) is -0.431. The molecule has 1 aliphatic heterocycles. The second kappa shape index (κ2) is 9.86. The number of rotatable bonds is 8. The summed E-state index contributed by atoms with van der Waals surface area (Å²) in [5, 5.41) is 10.8. The van der Waals surface area contributed by atoms with Gasteiger partial charge < -0.3 is 15.2 Å². The zero-order chi connectivity index (χ0) is 18.2. The molecule has 0 saturated carbocycles. The molecule has 1 unspecified atom stereocenters. The van der Waals surface area contributed by atoms with Gasteiger partial charge in [0.15, 0.2) is 6.61 Å². The highest BCUT2D eigenvalue weighted by atomic mass is 32.2. The van der Waals surface area contributed by atoms with E-state index in [-0.39, 0.29) is 0 Å². The molecule has 25 heavy (non-hydrogen) atoms. The van der Waals surface area contributed by atoms with Crippen molar-refractivity contribution in [2.75, 3.05) is 18.1 Å². The van der Waals surface area contributed by atoms with Crippen molar-refractivity contribution in [1.82, 2.24) is 5.32 Å². The van der Waals surface area contributed by atoms with Crippen molar-refractivity contribution in [2.24, 2.45) is 0 Å². The van der Waals surface area contributed by atoms with Gasteiger partial charge in [0, 0.05) is 6.42 Å². The van der Waals surface area contributed by atoms with Crippen molar-refractivity contribution in [1.29, 1.82) is 0 Å². The van der Waals surface area contributed by atoms with Crippen molar-refractivity contribution >= 4 is 35.4 Å². The van der Waals surface area contributed by atoms with Crippen LogP contribution in [0.25, 0.3) is 0 Å². The van der Waals surface area contributed by atoms with Crippen LogP contribution in [0.1, 0.15) is 23.0 Å². The smallest absolute Gasteiger partial charge is 0.326 e. The van der Waals surface area contributed by atoms with Gasteiger partial charge in [0.25, 0.3) is 5.91 Å². The standard InChI is InChI=1S/C16H19F2NO4S2/c17-13(18)8-12(15(21)22)19-14(20)9-23-11-4-2-10(3-5-11)16-24-6-1-7-25-16/h2-5,12-13,16H,1,6-9H2,(H,19,20)(H,21,22). The number of hydrogen-bond acceptors (Lipinski definition) is 5. The van der Waals surface area contributed by atoms with Gasteiger partial charge in [-0.1, -0.05) is 12.1 Å². The van der Waals surface area contributed by atoms with Gasteiger partial charge in [-0.2, -0.15) is 0 Å². The van der Waals surface area contributed by atoms with Crippen LogP contribution in [0, 0.1) is 0 Å². The Morgan fingerprint density at radius 3 is 2.44 bits per heavy atom. The highest BCUT2D eigenvalue weighted by Gasteiger charge is 2.24. The summed E-state index contributed by atoms with van der Waals surface area (Å²) < 4.78 is 30.3. The van der Waals surface area contributed by atoms with E-state index in [1.807, 2.05) is 41.0 Å². The predicted molar refractivity (Wildman–Crippen MR) is 94.4 cm³/mol. The van der Waals surface area contributed by atoms with Crippen LogP contribution in [0.15, 0.2) is 24.3 Å². The maximum absolute atomic E-state index is 12.3. The fraction of sp³-hybridized carbons (Fsp3) is 0.500. The number of hydrogen-bond donors (Lipinski definition) is 2. The molecule has 1 aromatic carbocycles. The van der Waals surface area contributed by atoms with Crippen molar-refractivity contribution < 1.29 is 28.2 Å². The molecular formula is C16H19F2NO4S2. The second-order valence-corrected chi connectivity index (χ2v) is 8.09. The quantitative estimate of drug-likeness (QED) is 0.709. The minimum absolute atomic E-state index is 0.400. The number of ether oxygens (including phenoxy) is 1. The van der Waals surface area contributed by atoms with E-state index in [4.69, 9.17) is 9.84 Å². The molecule has 0 aliphatic carbocycles. The third kappa shape index (κ3) is 6.74. The van der Waals surface area contributed by atoms with Gasteiger partial charge in [-0.15, -0.1) is 23.5 Å². The summed E-state index contributed by atoms with van der Waals surface area (Å²) in [4.78, 5) is 22.5. The monoisotopic (exact) mass is 391 g/mol. The Labute approximate surface area is 152 Å². The molecule has 1 fully saturated rings. The lowest BCUT2D eigenvalue weighted by Crippen LogP contribution is -2.44. The van der Waals surface area contributed by atoms with Gasteiger partial charge in [0.2, 0.25) is 6.43 Å². The Kier molecular flexibility index (Phi) is 7.83. The molecule has 2 rings (SSSR count). The van der Waals surface area contributed by atoms with E-state index < -0.39 is 37.4 Å². The lowest BCUT2D eigenvalue weighted by molar-refractivity contribution is -0.143. The van der Waals surface area contributed by atoms with Crippen molar-refractivity contribution in [2.45, 2.75) is 29.9 Å². The van der Waals surface area contributed by atoms with Gasteiger partial charge in [0.05, 0.1) is 4.58 Å². The number of alkyl halides is 2. The molecule has 1 amide bonds. The van der Waals surface area contributed by atoms with Crippen LogP contribution in [0.2, 0.25) is 0 Å². The number of carboxylic acids is 1. The maximum Gasteiger partial charge on any atom is 0.326 e. The number of carbonyl (C=O) groups excluding carboxylic acids is 1. The SMILES string of the molecule is O=C(COc1ccc(C2SCCCS2)cc1)NC(CC(F)F)C(=O)O. The van der Waals surface area contributed by atoms with Crippen molar-refractivity contribution in [3.05, 3.63) is 29.8 Å². The Morgan fingerprint density at radius 1 is 1.24 bits per heavy atom. The van der Waals surface area contributed by atoms with Crippen LogP contribution in [-0.4, -0.2) is 47.6 Å². The Balaban J connectivity index is 1.81. The topological polar surface area (TPSA) is 75.6 Å². The number of nitrogens with one attached hydrogen (secondary N) is 1. The largest absolute Gasteiger partial charge is 0.484 e. The third-order valence-corrected chi connectivity index (χ3v) is 6.41. The zero-order valence-corrected chi connectivity index (χ0v) is 15.0. The van der Waals surface area contributed by atoms with Crippen LogP contribution in [-0.2, 0) is 9.59 Å². The normalized spacial score (nSPS) is 16.4. The van der Waals surface area contributed by atoms with E-state index in [0.29, 0.717) is 10.3 Å². The molecule has 0 aromatic heterocycles. The maximum atomic E-state index is 12.3. The van der Waals surface area contributed by atoms with E-state index in [1.165, 1.54) is 12.0 Å².